The first kappa shape index (κ1) is 11.3. The summed E-state index contributed by atoms with van der Waals surface area (Å²) in [7, 11) is 0. The minimum atomic E-state index is -0.123. The summed E-state index contributed by atoms with van der Waals surface area (Å²) in [6.45, 7) is 4.48. The standard InChI is InChI=1S/C11H14N4/c1-9-6-10(2)15(14-9)8-11(7-13)4-3-5-12/h6,11H,3-4,8H2,1-2H3. The zero-order valence-corrected chi connectivity index (χ0v) is 9.06. The van der Waals surface area contributed by atoms with E-state index in [1.54, 1.807) is 0 Å². The van der Waals surface area contributed by atoms with Gasteiger partial charge in [0.05, 0.1) is 30.3 Å². The van der Waals surface area contributed by atoms with Crippen LogP contribution in [0, 0.1) is 42.4 Å². The van der Waals surface area contributed by atoms with Crippen LogP contribution in [-0.2, 0) is 6.54 Å². The fourth-order valence-electron chi connectivity index (χ4n) is 1.50. The minimum Gasteiger partial charge on any atom is -0.268 e. The maximum atomic E-state index is 8.91. The summed E-state index contributed by atoms with van der Waals surface area (Å²) < 4.78 is 1.83. The summed E-state index contributed by atoms with van der Waals surface area (Å²) in [5.74, 6) is -0.123. The summed E-state index contributed by atoms with van der Waals surface area (Å²) in [6, 6.07) is 6.25. The maximum Gasteiger partial charge on any atom is 0.0675 e. The smallest absolute Gasteiger partial charge is 0.0675 e. The van der Waals surface area contributed by atoms with Crippen LogP contribution in [0.3, 0.4) is 0 Å². The molecule has 1 aromatic rings. The van der Waals surface area contributed by atoms with Gasteiger partial charge in [0, 0.05) is 12.1 Å². The summed E-state index contributed by atoms with van der Waals surface area (Å²) in [5, 5.41) is 21.7. The lowest BCUT2D eigenvalue weighted by Gasteiger charge is -2.08. The van der Waals surface area contributed by atoms with Crippen LogP contribution in [0.1, 0.15) is 24.2 Å². The SMILES string of the molecule is Cc1cc(C)n(CC(C#N)CCC#N)n1. The normalized spacial score (nSPS) is 11.7. The first-order valence-corrected chi connectivity index (χ1v) is 4.95. The highest BCUT2D eigenvalue weighted by atomic mass is 15.3. The molecule has 0 N–H and O–H groups in total. The quantitative estimate of drug-likeness (QED) is 0.749. The van der Waals surface area contributed by atoms with Gasteiger partial charge < -0.3 is 0 Å². The van der Waals surface area contributed by atoms with Gasteiger partial charge in [-0.2, -0.15) is 15.6 Å². The van der Waals surface area contributed by atoms with Crippen molar-refractivity contribution in [2.45, 2.75) is 33.2 Å². The van der Waals surface area contributed by atoms with Crippen molar-refractivity contribution in [2.75, 3.05) is 0 Å². The molecule has 0 aliphatic rings. The van der Waals surface area contributed by atoms with E-state index in [2.05, 4.69) is 17.2 Å². The van der Waals surface area contributed by atoms with Gasteiger partial charge in [0.2, 0.25) is 0 Å². The van der Waals surface area contributed by atoms with Crippen LogP contribution < -0.4 is 0 Å². The van der Waals surface area contributed by atoms with E-state index in [-0.39, 0.29) is 5.92 Å². The Morgan fingerprint density at radius 1 is 1.47 bits per heavy atom. The molecule has 0 aromatic carbocycles. The predicted octanol–water partition coefficient (Wildman–Crippen LogP) is 1.94. The van der Waals surface area contributed by atoms with E-state index in [1.165, 1.54) is 0 Å². The zero-order valence-electron chi connectivity index (χ0n) is 9.06. The number of aryl methyl sites for hydroxylation is 2. The van der Waals surface area contributed by atoms with E-state index in [0.717, 1.165) is 11.4 Å². The van der Waals surface area contributed by atoms with Gasteiger partial charge in [-0.05, 0) is 26.3 Å². The second-order valence-electron chi connectivity index (χ2n) is 3.63. The Morgan fingerprint density at radius 2 is 2.20 bits per heavy atom. The number of aromatic nitrogens is 2. The molecular weight excluding hydrogens is 188 g/mol. The fraction of sp³-hybridized carbons (Fsp3) is 0.545. The fourth-order valence-corrected chi connectivity index (χ4v) is 1.50. The summed E-state index contributed by atoms with van der Waals surface area (Å²) in [6.07, 6.45) is 1.04. The number of hydrogen-bond donors (Lipinski definition) is 0. The molecule has 15 heavy (non-hydrogen) atoms. The number of nitriles is 2. The topological polar surface area (TPSA) is 65.4 Å². The second-order valence-corrected chi connectivity index (χ2v) is 3.63. The Morgan fingerprint density at radius 3 is 2.67 bits per heavy atom. The molecular formula is C11H14N4. The van der Waals surface area contributed by atoms with Crippen molar-refractivity contribution < 1.29 is 0 Å². The maximum absolute atomic E-state index is 8.91. The first-order valence-electron chi connectivity index (χ1n) is 4.95. The molecule has 0 aliphatic carbocycles. The highest BCUT2D eigenvalue weighted by Gasteiger charge is 2.10. The van der Waals surface area contributed by atoms with E-state index in [9.17, 15) is 0 Å². The molecule has 0 saturated carbocycles. The highest BCUT2D eigenvalue weighted by molar-refractivity contribution is 5.07. The van der Waals surface area contributed by atoms with E-state index in [1.807, 2.05) is 24.6 Å². The molecule has 0 radical (unpaired) electrons. The summed E-state index contributed by atoms with van der Waals surface area (Å²) >= 11 is 0. The summed E-state index contributed by atoms with van der Waals surface area (Å²) in [4.78, 5) is 0. The van der Waals surface area contributed by atoms with Crippen LogP contribution in [0.2, 0.25) is 0 Å². The molecule has 0 saturated heterocycles. The largest absolute Gasteiger partial charge is 0.268 e. The van der Waals surface area contributed by atoms with Gasteiger partial charge >= 0.3 is 0 Å². The molecule has 1 aromatic heterocycles. The molecule has 1 rings (SSSR count). The van der Waals surface area contributed by atoms with Crippen molar-refractivity contribution in [1.82, 2.24) is 9.78 Å². The van der Waals surface area contributed by atoms with Crippen LogP contribution in [-0.4, -0.2) is 9.78 Å². The Bertz CT molecular complexity index is 405. The van der Waals surface area contributed by atoms with Crippen LogP contribution >= 0.6 is 0 Å². The molecule has 1 atom stereocenters. The molecule has 0 bridgehead atoms. The Labute approximate surface area is 89.7 Å². The van der Waals surface area contributed by atoms with Gasteiger partial charge in [0.1, 0.15) is 0 Å². The van der Waals surface area contributed by atoms with Crippen molar-refractivity contribution in [3.05, 3.63) is 17.5 Å². The van der Waals surface area contributed by atoms with Crippen LogP contribution in [0.25, 0.3) is 0 Å². The number of rotatable bonds is 4. The number of nitrogens with zero attached hydrogens (tertiary/aromatic N) is 4. The second kappa shape index (κ2) is 5.17. The van der Waals surface area contributed by atoms with Gasteiger partial charge in [-0.3, -0.25) is 4.68 Å². The Balaban J connectivity index is 2.64. The van der Waals surface area contributed by atoms with E-state index >= 15 is 0 Å². The van der Waals surface area contributed by atoms with Crippen LogP contribution in [0.4, 0.5) is 0 Å². The Kier molecular flexibility index (Phi) is 3.88. The molecule has 0 spiro atoms. The van der Waals surface area contributed by atoms with Gasteiger partial charge in [-0.15, -0.1) is 0 Å². The molecule has 0 fully saturated rings. The van der Waals surface area contributed by atoms with Crippen molar-refractivity contribution in [3.63, 3.8) is 0 Å². The molecule has 78 valence electrons. The lowest BCUT2D eigenvalue weighted by molar-refractivity contribution is 0.467. The van der Waals surface area contributed by atoms with Crippen LogP contribution in [0.15, 0.2) is 6.07 Å². The van der Waals surface area contributed by atoms with Gasteiger partial charge in [-0.25, -0.2) is 0 Å². The number of hydrogen-bond acceptors (Lipinski definition) is 3. The molecule has 4 heteroatoms. The Hall–Kier alpha value is -1.81. The molecule has 4 nitrogen and oxygen atoms in total. The minimum absolute atomic E-state index is 0.123. The van der Waals surface area contributed by atoms with Crippen LogP contribution in [0.5, 0.6) is 0 Å². The predicted molar refractivity (Wildman–Crippen MR) is 55.7 cm³/mol. The van der Waals surface area contributed by atoms with Crippen molar-refractivity contribution in [1.29, 1.82) is 10.5 Å². The van der Waals surface area contributed by atoms with E-state index in [4.69, 9.17) is 10.5 Å². The van der Waals surface area contributed by atoms with Gasteiger partial charge in [-0.1, -0.05) is 0 Å². The lowest BCUT2D eigenvalue weighted by Crippen LogP contribution is -2.11. The average Bonchev–Trinajstić information content (AvgIpc) is 2.52. The molecule has 0 aliphatic heterocycles. The third-order valence-corrected chi connectivity index (χ3v) is 2.28. The van der Waals surface area contributed by atoms with E-state index in [0.29, 0.717) is 19.4 Å². The highest BCUT2D eigenvalue weighted by Crippen LogP contribution is 2.10. The van der Waals surface area contributed by atoms with Crippen molar-refractivity contribution >= 4 is 0 Å². The van der Waals surface area contributed by atoms with Crippen molar-refractivity contribution in [3.8, 4) is 12.1 Å². The third kappa shape index (κ3) is 3.11. The molecule has 0 amide bonds. The van der Waals surface area contributed by atoms with Gasteiger partial charge in [0.15, 0.2) is 0 Å². The van der Waals surface area contributed by atoms with Gasteiger partial charge in [0.25, 0.3) is 0 Å². The van der Waals surface area contributed by atoms with Crippen molar-refractivity contribution in [2.24, 2.45) is 5.92 Å². The summed E-state index contributed by atoms with van der Waals surface area (Å²) in [5.41, 5.74) is 2.02. The first-order chi connectivity index (χ1) is 7.17. The van der Waals surface area contributed by atoms with E-state index < -0.39 is 0 Å². The molecule has 1 unspecified atom stereocenters. The molecule has 1 heterocycles. The third-order valence-electron chi connectivity index (χ3n) is 2.28. The average molecular weight is 202 g/mol. The zero-order chi connectivity index (χ0) is 11.3. The monoisotopic (exact) mass is 202 g/mol. The lowest BCUT2D eigenvalue weighted by atomic mass is 10.1.